The van der Waals surface area contributed by atoms with Gasteiger partial charge < -0.3 is 4.74 Å². The van der Waals surface area contributed by atoms with Gasteiger partial charge in [-0.25, -0.2) is 4.79 Å². The summed E-state index contributed by atoms with van der Waals surface area (Å²) in [6.07, 6.45) is 7.04. The van der Waals surface area contributed by atoms with E-state index in [9.17, 15) is 4.79 Å². The molecule has 0 radical (unpaired) electrons. The fraction of sp³-hybridized carbons (Fsp3) is 0.500. The van der Waals surface area contributed by atoms with Crippen LogP contribution in [0.3, 0.4) is 0 Å². The number of benzene rings is 1. The number of rotatable bonds is 6. The maximum absolute atomic E-state index is 12.2. The first-order valence-corrected chi connectivity index (χ1v) is 8.85. The molecule has 1 saturated carbocycles. The largest absolute Gasteiger partial charge is 0.462 e. The van der Waals surface area contributed by atoms with E-state index in [1.54, 1.807) is 0 Å². The minimum Gasteiger partial charge on any atom is -0.462 e. The molecular weight excluding hydrogens is 280 g/mol. The minimum absolute atomic E-state index is 0.194. The molecule has 3 heteroatoms. The molecule has 0 spiro atoms. The van der Waals surface area contributed by atoms with Crippen LogP contribution in [0, 0.1) is 5.92 Å². The summed E-state index contributed by atoms with van der Waals surface area (Å²) in [6.45, 7) is 4.42. The molecule has 0 bridgehead atoms. The zero-order chi connectivity index (χ0) is 15.1. The predicted octanol–water partition coefficient (Wildman–Crippen LogP) is 4.94. The summed E-state index contributed by atoms with van der Waals surface area (Å²) < 4.78 is 5.23. The summed E-state index contributed by atoms with van der Waals surface area (Å²) in [5.41, 5.74) is 1.71. The fourth-order valence-corrected chi connectivity index (χ4v) is 3.41. The highest BCUT2D eigenvalue weighted by Gasteiger charge is 2.19. The molecule has 0 heterocycles. The second kappa shape index (κ2) is 8.28. The van der Waals surface area contributed by atoms with Crippen LogP contribution in [-0.4, -0.2) is 18.3 Å². The lowest BCUT2D eigenvalue weighted by atomic mass is 9.99. The number of ether oxygens (including phenoxy) is 1. The molecule has 1 fully saturated rings. The van der Waals surface area contributed by atoms with Gasteiger partial charge in [-0.1, -0.05) is 38.0 Å². The first-order chi connectivity index (χ1) is 10.2. The van der Waals surface area contributed by atoms with Gasteiger partial charge in [0.25, 0.3) is 0 Å². The Balaban J connectivity index is 2.23. The van der Waals surface area contributed by atoms with Crippen molar-refractivity contribution < 1.29 is 9.53 Å². The van der Waals surface area contributed by atoms with Crippen molar-refractivity contribution in [2.24, 2.45) is 5.92 Å². The van der Waals surface area contributed by atoms with Crippen LogP contribution in [0.5, 0.6) is 0 Å². The molecule has 0 aromatic heterocycles. The predicted molar refractivity (Wildman–Crippen MR) is 89.4 cm³/mol. The maximum Gasteiger partial charge on any atom is 0.338 e. The van der Waals surface area contributed by atoms with Gasteiger partial charge in [0.2, 0.25) is 0 Å². The molecule has 1 aromatic carbocycles. The average Bonchev–Trinajstić information content (AvgIpc) is 2.99. The van der Waals surface area contributed by atoms with Crippen LogP contribution in [0.25, 0.3) is 5.57 Å². The molecule has 21 heavy (non-hydrogen) atoms. The van der Waals surface area contributed by atoms with Gasteiger partial charge in [-0.2, -0.15) is 0 Å². The quantitative estimate of drug-likeness (QED) is 0.423. The van der Waals surface area contributed by atoms with E-state index in [1.807, 2.05) is 30.8 Å². The molecule has 2 nitrogen and oxygen atoms in total. The molecule has 1 aromatic rings. The summed E-state index contributed by atoms with van der Waals surface area (Å²) in [7, 11) is 0. The lowest BCUT2D eigenvalue weighted by Crippen LogP contribution is -2.08. The van der Waals surface area contributed by atoms with E-state index >= 15 is 0 Å². The second-order valence-corrected chi connectivity index (χ2v) is 6.64. The Kier molecular flexibility index (Phi) is 6.37. The van der Waals surface area contributed by atoms with E-state index < -0.39 is 0 Å². The molecule has 1 aliphatic carbocycles. The van der Waals surface area contributed by atoms with Crippen molar-refractivity contribution in [2.45, 2.75) is 44.4 Å². The number of esters is 1. The number of thioether (sulfide) groups is 1. The third-order valence-corrected chi connectivity index (χ3v) is 4.67. The number of carbonyl (C=O) groups excluding carboxylic acids is 1. The smallest absolute Gasteiger partial charge is 0.338 e. The van der Waals surface area contributed by atoms with Crippen molar-refractivity contribution in [2.75, 3.05) is 12.4 Å². The van der Waals surface area contributed by atoms with E-state index in [-0.39, 0.29) is 5.97 Å². The topological polar surface area (TPSA) is 26.3 Å². The monoisotopic (exact) mass is 304 g/mol. The standard InChI is InChI=1S/C18H24O2S/c1-3-20-18(19)17(13-14-7-5-6-8-14)15-9-11-16(12-10-15)21-4-2/h9-14H,3-8H2,1-2H3/b17-13+. The van der Waals surface area contributed by atoms with E-state index in [1.165, 1.54) is 30.6 Å². The van der Waals surface area contributed by atoms with Crippen molar-refractivity contribution >= 4 is 23.3 Å². The number of hydrogen-bond acceptors (Lipinski definition) is 3. The second-order valence-electron chi connectivity index (χ2n) is 5.30. The Labute approximate surface area is 132 Å². The maximum atomic E-state index is 12.2. The molecule has 2 rings (SSSR count). The molecule has 0 N–H and O–H groups in total. The Hall–Kier alpha value is -1.22. The molecule has 114 valence electrons. The lowest BCUT2D eigenvalue weighted by Gasteiger charge is -2.11. The summed E-state index contributed by atoms with van der Waals surface area (Å²) in [5, 5.41) is 0. The van der Waals surface area contributed by atoms with Crippen LogP contribution in [0.4, 0.5) is 0 Å². The Morgan fingerprint density at radius 2 is 1.90 bits per heavy atom. The van der Waals surface area contributed by atoms with Crippen molar-refractivity contribution in [1.29, 1.82) is 0 Å². The van der Waals surface area contributed by atoms with Gasteiger partial charge in [-0.3, -0.25) is 0 Å². The van der Waals surface area contributed by atoms with Gasteiger partial charge in [-0.15, -0.1) is 11.8 Å². The molecule has 0 unspecified atom stereocenters. The van der Waals surface area contributed by atoms with Crippen LogP contribution in [0.15, 0.2) is 35.2 Å². The Morgan fingerprint density at radius 1 is 1.24 bits per heavy atom. The van der Waals surface area contributed by atoms with Crippen LogP contribution >= 0.6 is 11.8 Å². The first-order valence-electron chi connectivity index (χ1n) is 7.86. The average molecular weight is 304 g/mol. The first kappa shape index (κ1) is 16.2. The van der Waals surface area contributed by atoms with Crippen molar-refractivity contribution in [1.82, 2.24) is 0 Å². The van der Waals surface area contributed by atoms with Crippen molar-refractivity contribution in [3.8, 4) is 0 Å². The van der Waals surface area contributed by atoms with Crippen LogP contribution in [0.1, 0.15) is 45.1 Å². The van der Waals surface area contributed by atoms with Gasteiger partial charge in [0, 0.05) is 4.90 Å². The van der Waals surface area contributed by atoms with E-state index in [0.717, 1.165) is 16.9 Å². The summed E-state index contributed by atoms with van der Waals surface area (Å²) in [6, 6.07) is 8.25. The third kappa shape index (κ3) is 4.63. The third-order valence-electron chi connectivity index (χ3n) is 3.77. The summed E-state index contributed by atoms with van der Waals surface area (Å²) >= 11 is 1.81. The number of hydrogen-bond donors (Lipinski definition) is 0. The van der Waals surface area contributed by atoms with E-state index in [4.69, 9.17) is 4.74 Å². The minimum atomic E-state index is -0.194. The normalized spacial score (nSPS) is 16.2. The molecule has 0 aliphatic heterocycles. The summed E-state index contributed by atoms with van der Waals surface area (Å²) in [4.78, 5) is 13.5. The lowest BCUT2D eigenvalue weighted by molar-refractivity contribution is -0.136. The Bertz CT molecular complexity index is 484. The van der Waals surface area contributed by atoms with Gasteiger partial charge >= 0.3 is 5.97 Å². The zero-order valence-electron chi connectivity index (χ0n) is 12.9. The highest BCUT2D eigenvalue weighted by atomic mass is 32.2. The zero-order valence-corrected chi connectivity index (χ0v) is 13.7. The van der Waals surface area contributed by atoms with Crippen LogP contribution < -0.4 is 0 Å². The molecule has 0 amide bonds. The Morgan fingerprint density at radius 3 is 2.48 bits per heavy atom. The molecule has 0 atom stereocenters. The summed E-state index contributed by atoms with van der Waals surface area (Å²) in [5.74, 6) is 1.39. The van der Waals surface area contributed by atoms with Gasteiger partial charge in [0.15, 0.2) is 0 Å². The van der Waals surface area contributed by atoms with Crippen LogP contribution in [-0.2, 0) is 9.53 Å². The van der Waals surface area contributed by atoms with Gasteiger partial charge in [0.1, 0.15) is 0 Å². The molecule has 1 aliphatic rings. The van der Waals surface area contributed by atoms with Crippen molar-refractivity contribution in [3.63, 3.8) is 0 Å². The highest BCUT2D eigenvalue weighted by molar-refractivity contribution is 7.99. The van der Waals surface area contributed by atoms with Crippen molar-refractivity contribution in [3.05, 3.63) is 35.9 Å². The molecular formula is C18H24O2S. The highest BCUT2D eigenvalue weighted by Crippen LogP contribution is 2.30. The fourth-order valence-electron chi connectivity index (χ4n) is 2.75. The van der Waals surface area contributed by atoms with E-state index in [2.05, 4.69) is 25.1 Å². The number of allylic oxidation sites excluding steroid dienone is 1. The SMILES string of the molecule is CCOC(=O)/C(=C/C1CCCC1)c1ccc(SCC)cc1. The van der Waals surface area contributed by atoms with Gasteiger partial charge in [-0.05, 0) is 49.1 Å². The van der Waals surface area contributed by atoms with Gasteiger partial charge in [0.05, 0.1) is 12.2 Å². The van der Waals surface area contributed by atoms with Crippen LogP contribution in [0.2, 0.25) is 0 Å². The van der Waals surface area contributed by atoms with E-state index in [0.29, 0.717) is 12.5 Å². The number of carbonyl (C=O) groups is 1. The molecule has 0 saturated heterocycles.